The molecule has 10 nitrogen and oxygen atoms in total. The van der Waals surface area contributed by atoms with Crippen LogP contribution in [-0.4, -0.2) is 54.5 Å². The molecule has 226 valence electrons. The summed E-state index contributed by atoms with van der Waals surface area (Å²) < 4.78 is 21.4. The highest BCUT2D eigenvalue weighted by molar-refractivity contribution is 5.78. The largest absolute Gasteiger partial charge is 0.508 e. The number of unbranched alkanes of at least 4 members (excludes halogenated alkanes) is 2. The number of carboxylic acids is 1. The SMILES string of the molecule is CCCCCOC(=O)OC(C)CN[C@@H](Cc1ccc(OC(=O)C(C)CCC)c(OC(=O)C(C)CCC)c1)C(=O)O. The van der Waals surface area contributed by atoms with E-state index in [4.69, 9.17) is 18.9 Å². The zero-order valence-corrected chi connectivity index (χ0v) is 24.8. The van der Waals surface area contributed by atoms with Crippen LogP contribution in [0.4, 0.5) is 4.79 Å². The Morgan fingerprint density at radius 3 is 2.00 bits per heavy atom. The number of hydrogen-bond acceptors (Lipinski definition) is 9. The second-order valence-corrected chi connectivity index (χ2v) is 10.2. The Morgan fingerprint density at radius 1 is 0.850 bits per heavy atom. The maximum Gasteiger partial charge on any atom is 0.508 e. The number of benzene rings is 1. The Balaban J connectivity index is 2.96. The average Bonchev–Trinajstić information content (AvgIpc) is 2.90. The third-order valence-corrected chi connectivity index (χ3v) is 6.33. The van der Waals surface area contributed by atoms with Crippen LogP contribution in [0.3, 0.4) is 0 Å². The lowest BCUT2D eigenvalue weighted by Gasteiger charge is -2.20. The molecule has 10 heteroatoms. The highest BCUT2D eigenvalue weighted by Crippen LogP contribution is 2.31. The predicted octanol–water partition coefficient (Wildman–Crippen LogP) is 5.69. The van der Waals surface area contributed by atoms with Crippen molar-refractivity contribution in [1.82, 2.24) is 5.32 Å². The van der Waals surface area contributed by atoms with Crippen molar-refractivity contribution in [2.24, 2.45) is 11.8 Å². The smallest absolute Gasteiger partial charge is 0.480 e. The van der Waals surface area contributed by atoms with Crippen molar-refractivity contribution >= 4 is 24.1 Å². The van der Waals surface area contributed by atoms with Gasteiger partial charge in [-0.05, 0) is 50.3 Å². The first-order valence-corrected chi connectivity index (χ1v) is 14.4. The Kier molecular flexibility index (Phi) is 16.6. The summed E-state index contributed by atoms with van der Waals surface area (Å²) in [4.78, 5) is 49.0. The third-order valence-electron chi connectivity index (χ3n) is 6.33. The molecule has 3 unspecified atom stereocenters. The summed E-state index contributed by atoms with van der Waals surface area (Å²) in [6.45, 7) is 11.5. The number of nitrogens with one attached hydrogen (secondary N) is 1. The quantitative estimate of drug-likeness (QED) is 0.122. The minimum absolute atomic E-state index is 0.0407. The summed E-state index contributed by atoms with van der Waals surface area (Å²) in [7, 11) is 0. The molecule has 2 N–H and O–H groups in total. The van der Waals surface area contributed by atoms with Crippen molar-refractivity contribution in [3.05, 3.63) is 23.8 Å². The summed E-state index contributed by atoms with van der Waals surface area (Å²) in [5.41, 5.74) is 0.552. The van der Waals surface area contributed by atoms with Gasteiger partial charge in [-0.25, -0.2) is 4.79 Å². The molecule has 0 radical (unpaired) electrons. The van der Waals surface area contributed by atoms with E-state index in [1.807, 2.05) is 20.8 Å². The minimum atomic E-state index is -1.10. The van der Waals surface area contributed by atoms with Gasteiger partial charge in [0, 0.05) is 6.54 Å². The van der Waals surface area contributed by atoms with E-state index in [-0.39, 0.29) is 42.9 Å². The molecule has 0 heterocycles. The number of ether oxygens (including phenoxy) is 4. The zero-order valence-electron chi connectivity index (χ0n) is 24.8. The highest BCUT2D eigenvalue weighted by Gasteiger charge is 2.24. The molecular formula is C30H47NO9. The maximum atomic E-state index is 12.7. The topological polar surface area (TPSA) is 137 Å². The molecule has 0 amide bonds. The van der Waals surface area contributed by atoms with E-state index >= 15 is 0 Å². The molecule has 40 heavy (non-hydrogen) atoms. The molecule has 0 spiro atoms. The fraction of sp³-hybridized carbons (Fsp3) is 0.667. The van der Waals surface area contributed by atoms with Gasteiger partial charge in [-0.2, -0.15) is 0 Å². The third kappa shape index (κ3) is 13.3. The summed E-state index contributed by atoms with van der Waals surface area (Å²) >= 11 is 0. The van der Waals surface area contributed by atoms with Crippen LogP contribution in [0.15, 0.2) is 18.2 Å². The van der Waals surface area contributed by atoms with Gasteiger partial charge >= 0.3 is 24.1 Å². The van der Waals surface area contributed by atoms with Crippen LogP contribution in [0.5, 0.6) is 11.5 Å². The fourth-order valence-electron chi connectivity index (χ4n) is 3.90. The average molecular weight is 566 g/mol. The van der Waals surface area contributed by atoms with Crippen molar-refractivity contribution < 1.29 is 43.2 Å². The van der Waals surface area contributed by atoms with E-state index in [1.165, 1.54) is 12.1 Å². The lowest BCUT2D eigenvalue weighted by Crippen LogP contribution is -2.42. The fourth-order valence-corrected chi connectivity index (χ4v) is 3.90. The molecule has 4 atom stereocenters. The molecule has 0 saturated heterocycles. The first-order valence-electron chi connectivity index (χ1n) is 14.4. The van der Waals surface area contributed by atoms with Gasteiger partial charge < -0.3 is 29.4 Å². The number of carbonyl (C=O) groups is 4. The zero-order chi connectivity index (χ0) is 30.1. The van der Waals surface area contributed by atoms with Gasteiger partial charge in [0.2, 0.25) is 0 Å². The van der Waals surface area contributed by atoms with Gasteiger partial charge in [0.15, 0.2) is 11.5 Å². The standard InChI is InChI=1S/C30H47NO9/c1-7-10-11-16-37-30(36)38-22(6)19-31-24(27(32)33)17-23-14-15-25(39-28(34)20(4)12-8-2)26(18-23)40-29(35)21(5)13-9-3/h14-15,18,20-22,24,31H,7-13,16-17,19H2,1-6H3,(H,32,33)/t20?,21?,22?,24-/m0/s1. The molecule has 1 aromatic rings. The molecule has 0 fully saturated rings. The first kappa shape index (κ1) is 34.9. The van der Waals surface area contributed by atoms with Crippen LogP contribution in [0, 0.1) is 11.8 Å². The van der Waals surface area contributed by atoms with E-state index in [9.17, 15) is 24.3 Å². The van der Waals surface area contributed by atoms with E-state index in [1.54, 1.807) is 26.8 Å². The van der Waals surface area contributed by atoms with Gasteiger partial charge in [-0.15, -0.1) is 0 Å². The first-order chi connectivity index (χ1) is 19.0. The number of esters is 2. The number of carboxylic acid groups (broad SMARTS) is 1. The van der Waals surface area contributed by atoms with Crippen molar-refractivity contribution in [3.8, 4) is 11.5 Å². The lowest BCUT2D eigenvalue weighted by molar-refractivity contribution is -0.141. The molecule has 1 aromatic carbocycles. The highest BCUT2D eigenvalue weighted by atomic mass is 16.7. The molecule has 0 bridgehead atoms. The second-order valence-electron chi connectivity index (χ2n) is 10.2. The number of rotatable bonds is 19. The van der Waals surface area contributed by atoms with E-state index < -0.39 is 36.2 Å². The van der Waals surface area contributed by atoms with Crippen LogP contribution in [-0.2, 0) is 30.3 Å². The Hall–Kier alpha value is -3.14. The van der Waals surface area contributed by atoms with Crippen LogP contribution in [0.2, 0.25) is 0 Å². The Bertz CT molecular complexity index is 949. The van der Waals surface area contributed by atoms with Crippen molar-refractivity contribution in [1.29, 1.82) is 0 Å². The van der Waals surface area contributed by atoms with Gasteiger partial charge in [-0.1, -0.05) is 66.4 Å². The second kappa shape index (κ2) is 19.0. The monoisotopic (exact) mass is 565 g/mol. The Labute approximate surface area is 238 Å². The summed E-state index contributed by atoms with van der Waals surface area (Å²) in [6, 6.07) is 3.64. The van der Waals surface area contributed by atoms with Crippen LogP contribution in [0.1, 0.15) is 92.1 Å². The molecular weight excluding hydrogens is 518 g/mol. The molecule has 0 saturated carbocycles. The normalized spacial score (nSPS) is 13.9. The Morgan fingerprint density at radius 2 is 1.45 bits per heavy atom. The molecule has 0 aromatic heterocycles. The van der Waals surface area contributed by atoms with E-state index in [2.05, 4.69) is 5.32 Å². The molecule has 0 aliphatic rings. The van der Waals surface area contributed by atoms with Gasteiger partial charge in [0.1, 0.15) is 12.1 Å². The van der Waals surface area contributed by atoms with Gasteiger partial charge in [-0.3, -0.25) is 14.4 Å². The number of aliphatic carboxylic acids is 1. The van der Waals surface area contributed by atoms with Crippen molar-refractivity contribution in [3.63, 3.8) is 0 Å². The van der Waals surface area contributed by atoms with Crippen LogP contribution < -0.4 is 14.8 Å². The minimum Gasteiger partial charge on any atom is -0.480 e. The van der Waals surface area contributed by atoms with E-state index in [0.717, 1.165) is 32.1 Å². The predicted molar refractivity (Wildman–Crippen MR) is 150 cm³/mol. The van der Waals surface area contributed by atoms with Crippen molar-refractivity contribution in [2.75, 3.05) is 13.2 Å². The van der Waals surface area contributed by atoms with E-state index in [0.29, 0.717) is 18.4 Å². The molecule has 1 rings (SSSR count). The van der Waals surface area contributed by atoms with Crippen LogP contribution >= 0.6 is 0 Å². The van der Waals surface area contributed by atoms with Crippen molar-refractivity contribution in [2.45, 2.75) is 105 Å². The van der Waals surface area contributed by atoms with Gasteiger partial charge in [0.25, 0.3) is 0 Å². The molecule has 0 aliphatic heterocycles. The lowest BCUT2D eigenvalue weighted by atomic mass is 10.0. The summed E-state index contributed by atoms with van der Waals surface area (Å²) in [5, 5.41) is 12.7. The van der Waals surface area contributed by atoms with Crippen LogP contribution in [0.25, 0.3) is 0 Å². The van der Waals surface area contributed by atoms with Gasteiger partial charge in [0.05, 0.1) is 18.4 Å². The number of carbonyl (C=O) groups excluding carboxylic acids is 3. The maximum absolute atomic E-state index is 12.7. The molecule has 0 aliphatic carbocycles. The summed E-state index contributed by atoms with van der Waals surface area (Å²) in [5.74, 6) is -2.51. The summed E-state index contributed by atoms with van der Waals surface area (Å²) in [6.07, 6.45) is 4.25. The number of hydrogen-bond donors (Lipinski definition) is 2.